The van der Waals surface area contributed by atoms with Gasteiger partial charge in [-0.25, -0.2) is 0 Å². The summed E-state index contributed by atoms with van der Waals surface area (Å²) in [6.07, 6.45) is 3.84. The van der Waals surface area contributed by atoms with Gasteiger partial charge in [0.05, 0.1) is 23.3 Å². The van der Waals surface area contributed by atoms with Crippen LogP contribution in [0.2, 0.25) is 5.02 Å². The number of carbonyl (C=O) groups excluding carboxylic acids is 2. The van der Waals surface area contributed by atoms with Crippen molar-refractivity contribution in [3.63, 3.8) is 0 Å². The minimum Gasteiger partial charge on any atom is -0.400 e. The number of aliphatic hydroxyl groups excluding tert-OH is 1. The molecule has 1 saturated heterocycles. The molecule has 0 aliphatic carbocycles. The van der Waals surface area contributed by atoms with Gasteiger partial charge in [-0.05, 0) is 31.1 Å². The van der Waals surface area contributed by atoms with E-state index in [-0.39, 0.29) is 23.8 Å². The van der Waals surface area contributed by atoms with E-state index in [1.807, 2.05) is 6.92 Å². The number of halogens is 1. The van der Waals surface area contributed by atoms with Crippen LogP contribution in [0.25, 0.3) is 0 Å². The Balaban J connectivity index is 0.00000204. The number of nitrogens with one attached hydrogen (secondary N) is 2. The topological polar surface area (TPSA) is 87.7 Å². The van der Waals surface area contributed by atoms with Gasteiger partial charge < -0.3 is 20.5 Å². The quantitative estimate of drug-likeness (QED) is 0.445. The van der Waals surface area contributed by atoms with E-state index in [1.165, 1.54) is 6.08 Å². The lowest BCUT2D eigenvalue weighted by atomic mass is 10.0. The molecule has 7 heteroatoms. The van der Waals surface area contributed by atoms with Crippen LogP contribution in [0.1, 0.15) is 23.7 Å². The maximum Gasteiger partial charge on any atom is 0.252 e. The van der Waals surface area contributed by atoms with E-state index in [0.29, 0.717) is 35.9 Å². The van der Waals surface area contributed by atoms with Gasteiger partial charge >= 0.3 is 0 Å². The molecule has 1 aromatic rings. The second-order valence-electron chi connectivity index (χ2n) is 6.46. The lowest BCUT2D eigenvalue weighted by molar-refractivity contribution is -0.117. The molecule has 0 aromatic heterocycles. The summed E-state index contributed by atoms with van der Waals surface area (Å²) < 4.78 is 5.72. The van der Waals surface area contributed by atoms with E-state index in [0.717, 1.165) is 19.1 Å². The first-order chi connectivity index (χ1) is 14.0. The Hall–Kier alpha value is -2.41. The molecule has 2 unspecified atom stereocenters. The van der Waals surface area contributed by atoms with E-state index < -0.39 is 0 Å². The number of hydrogen-bond acceptors (Lipinski definition) is 4. The summed E-state index contributed by atoms with van der Waals surface area (Å²) in [5.41, 5.74) is 1.75. The maximum absolute atomic E-state index is 12.2. The highest BCUT2D eigenvalue weighted by molar-refractivity contribution is 6.33. The number of hydrogen-bond donors (Lipinski definition) is 3. The van der Waals surface area contributed by atoms with Crippen molar-refractivity contribution in [2.45, 2.75) is 19.4 Å². The van der Waals surface area contributed by atoms with Crippen LogP contribution in [0.3, 0.4) is 0 Å². The van der Waals surface area contributed by atoms with Gasteiger partial charge in [0.2, 0.25) is 0 Å². The third-order valence-corrected chi connectivity index (χ3v) is 4.83. The molecule has 0 spiro atoms. The molecule has 0 bridgehead atoms. The second kappa shape index (κ2) is 12.9. The molecule has 1 heterocycles. The number of allylic oxidation sites excluding steroid dienone is 2. The number of benzene rings is 1. The zero-order valence-electron chi connectivity index (χ0n) is 16.9. The van der Waals surface area contributed by atoms with Crippen LogP contribution in [0.5, 0.6) is 0 Å². The predicted molar refractivity (Wildman–Crippen MR) is 116 cm³/mol. The fourth-order valence-electron chi connectivity index (χ4n) is 2.89. The van der Waals surface area contributed by atoms with Crippen LogP contribution in [0.4, 0.5) is 0 Å². The number of ether oxygens (including phenoxy) is 1. The SMILES string of the molecule is C=C/C(C)=C(\C=C)C(=O)NCC1COC(CNC(=O)c2ccccc2Cl)C1.CO. The number of amides is 2. The highest BCUT2D eigenvalue weighted by Crippen LogP contribution is 2.19. The molecule has 2 atom stereocenters. The fourth-order valence-corrected chi connectivity index (χ4v) is 3.11. The van der Waals surface area contributed by atoms with Crippen LogP contribution in [0.15, 0.2) is 60.7 Å². The van der Waals surface area contributed by atoms with Crippen LogP contribution < -0.4 is 10.6 Å². The van der Waals surface area contributed by atoms with Crippen molar-refractivity contribution in [3.05, 3.63) is 71.3 Å². The Morgan fingerprint density at radius 3 is 2.52 bits per heavy atom. The Morgan fingerprint density at radius 2 is 1.90 bits per heavy atom. The maximum atomic E-state index is 12.2. The molecule has 0 saturated carbocycles. The van der Waals surface area contributed by atoms with E-state index in [4.69, 9.17) is 21.4 Å². The molecule has 158 valence electrons. The van der Waals surface area contributed by atoms with E-state index in [2.05, 4.69) is 23.8 Å². The van der Waals surface area contributed by atoms with Gasteiger partial charge in [0, 0.05) is 31.7 Å². The molecule has 1 aliphatic heterocycles. The van der Waals surface area contributed by atoms with Gasteiger partial charge in [-0.1, -0.05) is 49.0 Å². The molecule has 3 N–H and O–H groups in total. The van der Waals surface area contributed by atoms with Crippen molar-refractivity contribution >= 4 is 23.4 Å². The molecule has 2 rings (SSSR count). The van der Waals surface area contributed by atoms with Crippen molar-refractivity contribution in [3.8, 4) is 0 Å². The van der Waals surface area contributed by atoms with Crippen molar-refractivity contribution in [1.82, 2.24) is 10.6 Å². The minimum absolute atomic E-state index is 0.0809. The summed E-state index contributed by atoms with van der Waals surface area (Å²) in [4.78, 5) is 24.4. The van der Waals surface area contributed by atoms with Crippen molar-refractivity contribution in [2.24, 2.45) is 5.92 Å². The van der Waals surface area contributed by atoms with Crippen molar-refractivity contribution < 1.29 is 19.4 Å². The molecular formula is C22H29ClN2O4. The van der Waals surface area contributed by atoms with E-state index >= 15 is 0 Å². The molecule has 1 aliphatic rings. The first-order valence-electron chi connectivity index (χ1n) is 9.29. The Kier molecular flexibility index (Phi) is 11.0. The smallest absolute Gasteiger partial charge is 0.252 e. The number of aliphatic hydroxyl groups is 1. The predicted octanol–water partition coefficient (Wildman–Crippen LogP) is 2.89. The Labute approximate surface area is 177 Å². The number of carbonyl (C=O) groups is 2. The standard InChI is InChI=1S/C21H25ClN2O3.CH4O/c1-4-14(3)17(5-2)20(25)23-11-15-10-16(27-13-15)12-24-21(26)18-8-6-7-9-19(18)22;1-2/h4-9,15-16H,1-2,10-13H2,3H3,(H,23,25)(H,24,26);2H,1H3/b17-14+;. The summed E-state index contributed by atoms with van der Waals surface area (Å²) in [6, 6.07) is 6.91. The van der Waals surface area contributed by atoms with Gasteiger partial charge in [-0.2, -0.15) is 0 Å². The van der Waals surface area contributed by atoms with Gasteiger partial charge in [0.25, 0.3) is 11.8 Å². The second-order valence-corrected chi connectivity index (χ2v) is 6.87. The largest absolute Gasteiger partial charge is 0.400 e. The lowest BCUT2D eigenvalue weighted by Gasteiger charge is -2.13. The summed E-state index contributed by atoms with van der Waals surface area (Å²) in [5, 5.41) is 13.2. The summed E-state index contributed by atoms with van der Waals surface area (Å²) in [5.74, 6) is -0.189. The van der Waals surface area contributed by atoms with Gasteiger partial charge in [0.15, 0.2) is 0 Å². The van der Waals surface area contributed by atoms with Crippen LogP contribution in [-0.2, 0) is 9.53 Å². The van der Waals surface area contributed by atoms with Gasteiger partial charge in [0.1, 0.15) is 0 Å². The van der Waals surface area contributed by atoms with Crippen molar-refractivity contribution in [2.75, 3.05) is 26.8 Å². The zero-order chi connectivity index (χ0) is 21.8. The first kappa shape index (κ1) is 24.6. The van der Waals surface area contributed by atoms with Crippen LogP contribution in [0, 0.1) is 5.92 Å². The van der Waals surface area contributed by atoms with E-state index in [1.54, 1.807) is 30.3 Å². The third kappa shape index (κ3) is 7.49. The van der Waals surface area contributed by atoms with Gasteiger partial charge in [-0.15, -0.1) is 0 Å². The zero-order valence-corrected chi connectivity index (χ0v) is 17.7. The first-order valence-corrected chi connectivity index (χ1v) is 9.67. The van der Waals surface area contributed by atoms with E-state index in [9.17, 15) is 9.59 Å². The molecule has 1 aromatic carbocycles. The average molecular weight is 421 g/mol. The Bertz CT molecular complexity index is 761. The highest BCUT2D eigenvalue weighted by atomic mass is 35.5. The monoisotopic (exact) mass is 420 g/mol. The summed E-state index contributed by atoms with van der Waals surface area (Å²) in [6.45, 7) is 10.6. The van der Waals surface area contributed by atoms with Crippen LogP contribution >= 0.6 is 11.6 Å². The Morgan fingerprint density at radius 1 is 1.21 bits per heavy atom. The normalized spacial score (nSPS) is 18.6. The molecular weight excluding hydrogens is 392 g/mol. The third-order valence-electron chi connectivity index (χ3n) is 4.50. The number of rotatable bonds is 8. The molecule has 29 heavy (non-hydrogen) atoms. The van der Waals surface area contributed by atoms with Crippen LogP contribution in [-0.4, -0.2) is 49.8 Å². The van der Waals surface area contributed by atoms with Gasteiger partial charge in [-0.3, -0.25) is 9.59 Å². The summed E-state index contributed by atoms with van der Waals surface area (Å²) >= 11 is 6.03. The highest BCUT2D eigenvalue weighted by Gasteiger charge is 2.26. The molecule has 6 nitrogen and oxygen atoms in total. The summed E-state index contributed by atoms with van der Waals surface area (Å²) in [7, 11) is 1.00. The molecule has 0 radical (unpaired) electrons. The lowest BCUT2D eigenvalue weighted by Crippen LogP contribution is -2.33. The minimum atomic E-state index is -0.221. The molecule has 1 fully saturated rings. The fraction of sp³-hybridized carbons (Fsp3) is 0.364. The average Bonchev–Trinajstić information content (AvgIpc) is 3.20. The van der Waals surface area contributed by atoms with Crippen molar-refractivity contribution in [1.29, 1.82) is 0 Å². The molecule has 2 amide bonds.